The van der Waals surface area contributed by atoms with Crippen LogP contribution in [0.15, 0.2) is 48.8 Å². The summed E-state index contributed by atoms with van der Waals surface area (Å²) in [6.45, 7) is 0. The molecule has 1 aliphatic carbocycles. The summed E-state index contributed by atoms with van der Waals surface area (Å²) in [4.78, 5) is 32.0. The number of pyridine rings is 1. The van der Waals surface area contributed by atoms with Crippen molar-refractivity contribution in [3.05, 3.63) is 64.4 Å². The first-order chi connectivity index (χ1) is 15.5. The summed E-state index contributed by atoms with van der Waals surface area (Å²) in [5.41, 5.74) is 1.44. The van der Waals surface area contributed by atoms with E-state index in [0.717, 1.165) is 17.7 Å². The number of nitrogens with one attached hydrogen (secondary N) is 1. The van der Waals surface area contributed by atoms with Crippen molar-refractivity contribution in [3.63, 3.8) is 0 Å². The molecule has 2 aliphatic rings. The van der Waals surface area contributed by atoms with Crippen molar-refractivity contribution < 1.29 is 14.3 Å². The number of hydrogen-bond acceptors (Lipinski definition) is 4. The highest BCUT2D eigenvalue weighted by Gasteiger charge is 2.45. The average Bonchev–Trinajstić information content (AvgIpc) is 2.79. The number of amides is 3. The Morgan fingerprint density at radius 3 is 2.72 bits per heavy atom. The summed E-state index contributed by atoms with van der Waals surface area (Å²) in [5, 5.41) is 5.66. The van der Waals surface area contributed by atoms with Crippen molar-refractivity contribution in [1.82, 2.24) is 10.3 Å². The molecule has 2 aromatic carbocycles. The van der Waals surface area contributed by atoms with Crippen LogP contribution in [0.1, 0.15) is 30.7 Å². The molecule has 0 bridgehead atoms. The van der Waals surface area contributed by atoms with Gasteiger partial charge in [0.1, 0.15) is 5.75 Å². The second kappa shape index (κ2) is 8.26. The lowest BCUT2D eigenvalue weighted by atomic mass is 9.74. The highest BCUT2D eigenvalue weighted by Crippen LogP contribution is 2.43. The molecule has 8 heteroatoms. The van der Waals surface area contributed by atoms with E-state index in [0.29, 0.717) is 39.3 Å². The molecule has 6 nitrogen and oxygen atoms in total. The molecule has 0 spiro atoms. The molecule has 5 rings (SSSR count). The van der Waals surface area contributed by atoms with Gasteiger partial charge in [0, 0.05) is 28.0 Å². The molecule has 1 saturated heterocycles. The number of benzene rings is 2. The standard InChI is InChI=1S/C24H21Cl2N3O3/c1-32-14-6-8-20(26)17(10-14)13-5-7-16-21(9-13)28-24(31)29(23(16)30)22-12-27-11-18-15(22)3-2-4-19(18)25/h2-4,6,8,10-13,16,21H,5,7,9H2,1H3,(H,28,31). The van der Waals surface area contributed by atoms with Gasteiger partial charge in [0.15, 0.2) is 0 Å². The third-order valence-corrected chi connectivity index (χ3v) is 7.19. The summed E-state index contributed by atoms with van der Waals surface area (Å²) >= 11 is 12.8. The maximum Gasteiger partial charge on any atom is 0.329 e. The smallest absolute Gasteiger partial charge is 0.329 e. The third-order valence-electron chi connectivity index (χ3n) is 6.51. The second-order valence-corrected chi connectivity index (χ2v) is 9.04. The molecule has 1 aromatic heterocycles. The van der Waals surface area contributed by atoms with Gasteiger partial charge in [-0.2, -0.15) is 0 Å². The number of aromatic nitrogens is 1. The molecule has 3 amide bonds. The molecule has 1 saturated carbocycles. The van der Waals surface area contributed by atoms with Gasteiger partial charge in [-0.05, 0) is 55.0 Å². The van der Waals surface area contributed by atoms with E-state index in [1.807, 2.05) is 24.3 Å². The van der Waals surface area contributed by atoms with Crippen LogP contribution >= 0.6 is 23.2 Å². The number of ether oxygens (including phenoxy) is 1. The summed E-state index contributed by atoms with van der Waals surface area (Å²) in [6.07, 6.45) is 5.26. The fourth-order valence-corrected chi connectivity index (χ4v) is 5.40. The Morgan fingerprint density at radius 2 is 1.91 bits per heavy atom. The minimum absolute atomic E-state index is 0.136. The first-order valence-corrected chi connectivity index (χ1v) is 11.2. The number of carbonyl (C=O) groups is 2. The zero-order chi connectivity index (χ0) is 22.4. The SMILES string of the molecule is COc1ccc(Cl)c(C2CCC3C(=O)N(c4cncc5c(Cl)cccc45)C(=O)NC3C2)c1. The van der Waals surface area contributed by atoms with E-state index in [2.05, 4.69) is 10.3 Å². The van der Waals surface area contributed by atoms with Crippen molar-refractivity contribution >= 4 is 51.6 Å². The normalized spacial score (nSPS) is 23.1. The monoisotopic (exact) mass is 469 g/mol. The highest BCUT2D eigenvalue weighted by atomic mass is 35.5. The molecule has 2 heterocycles. The lowest BCUT2D eigenvalue weighted by Gasteiger charge is -2.42. The number of halogens is 2. The number of hydrogen-bond donors (Lipinski definition) is 1. The molecule has 0 radical (unpaired) electrons. The van der Waals surface area contributed by atoms with Gasteiger partial charge in [-0.15, -0.1) is 0 Å². The van der Waals surface area contributed by atoms with Gasteiger partial charge in [-0.3, -0.25) is 9.78 Å². The quantitative estimate of drug-likeness (QED) is 0.544. The Balaban J connectivity index is 1.44. The van der Waals surface area contributed by atoms with Gasteiger partial charge in [-0.25, -0.2) is 9.69 Å². The lowest BCUT2D eigenvalue weighted by Crippen LogP contribution is -2.61. The average molecular weight is 470 g/mol. The summed E-state index contributed by atoms with van der Waals surface area (Å²) < 4.78 is 5.34. The topological polar surface area (TPSA) is 71.5 Å². The van der Waals surface area contributed by atoms with Gasteiger partial charge in [0.2, 0.25) is 5.91 Å². The second-order valence-electron chi connectivity index (χ2n) is 8.23. The van der Waals surface area contributed by atoms with Crippen LogP contribution < -0.4 is 15.0 Å². The summed E-state index contributed by atoms with van der Waals surface area (Å²) in [6, 6.07) is 10.3. The van der Waals surface area contributed by atoms with Gasteiger partial charge >= 0.3 is 6.03 Å². The predicted molar refractivity (Wildman–Crippen MR) is 125 cm³/mol. The van der Waals surface area contributed by atoms with E-state index in [4.69, 9.17) is 27.9 Å². The van der Waals surface area contributed by atoms with Gasteiger partial charge in [0.25, 0.3) is 0 Å². The Hall–Kier alpha value is -2.83. The molecule has 164 valence electrons. The number of nitrogens with zero attached hydrogens (tertiary/aromatic N) is 2. The Bertz CT molecular complexity index is 1230. The fourth-order valence-electron chi connectivity index (χ4n) is 4.91. The van der Waals surface area contributed by atoms with Crippen LogP contribution in [0, 0.1) is 5.92 Å². The summed E-state index contributed by atoms with van der Waals surface area (Å²) in [5.74, 6) is 0.367. The van der Waals surface area contributed by atoms with Crippen LogP contribution in [0.2, 0.25) is 10.0 Å². The van der Waals surface area contributed by atoms with Crippen LogP contribution in [0.4, 0.5) is 10.5 Å². The molecule has 32 heavy (non-hydrogen) atoms. The molecule has 1 aliphatic heterocycles. The van der Waals surface area contributed by atoms with E-state index >= 15 is 0 Å². The van der Waals surface area contributed by atoms with E-state index in [9.17, 15) is 9.59 Å². The maximum absolute atomic E-state index is 13.5. The maximum atomic E-state index is 13.5. The predicted octanol–water partition coefficient (Wildman–Crippen LogP) is 5.56. The van der Waals surface area contributed by atoms with E-state index in [1.54, 1.807) is 25.4 Å². The fraction of sp³-hybridized carbons (Fsp3) is 0.292. The van der Waals surface area contributed by atoms with Gasteiger partial charge < -0.3 is 10.1 Å². The number of methoxy groups -OCH3 is 1. The molecule has 2 fully saturated rings. The lowest BCUT2D eigenvalue weighted by molar-refractivity contribution is -0.124. The number of rotatable bonds is 3. The van der Waals surface area contributed by atoms with Crippen molar-refractivity contribution in [3.8, 4) is 5.75 Å². The van der Waals surface area contributed by atoms with Crippen LogP contribution in [0.3, 0.4) is 0 Å². The summed E-state index contributed by atoms with van der Waals surface area (Å²) in [7, 11) is 1.62. The minimum Gasteiger partial charge on any atom is -0.497 e. The number of imide groups is 1. The zero-order valence-corrected chi connectivity index (χ0v) is 18.9. The van der Waals surface area contributed by atoms with Crippen molar-refractivity contribution in [2.75, 3.05) is 12.0 Å². The first-order valence-electron chi connectivity index (χ1n) is 10.5. The highest BCUT2D eigenvalue weighted by molar-refractivity contribution is 6.36. The van der Waals surface area contributed by atoms with Crippen LogP contribution in [0.25, 0.3) is 10.8 Å². The van der Waals surface area contributed by atoms with Crippen molar-refractivity contribution in [1.29, 1.82) is 0 Å². The molecular formula is C24H21Cl2N3O3. The Labute approximate surface area is 195 Å². The van der Waals surface area contributed by atoms with Crippen molar-refractivity contribution in [2.24, 2.45) is 5.92 Å². The van der Waals surface area contributed by atoms with E-state index < -0.39 is 6.03 Å². The van der Waals surface area contributed by atoms with Gasteiger partial charge in [0.05, 0.1) is 29.9 Å². The van der Waals surface area contributed by atoms with Crippen LogP contribution in [-0.2, 0) is 4.79 Å². The Kier molecular flexibility index (Phi) is 5.43. The third kappa shape index (κ3) is 3.48. The zero-order valence-electron chi connectivity index (χ0n) is 17.3. The van der Waals surface area contributed by atoms with Crippen LogP contribution in [0.5, 0.6) is 5.75 Å². The number of fused-ring (bicyclic) bond motifs is 2. The molecule has 3 atom stereocenters. The van der Waals surface area contributed by atoms with E-state index in [1.165, 1.54) is 11.1 Å². The first kappa shape index (κ1) is 21.0. The van der Waals surface area contributed by atoms with Crippen LogP contribution in [-0.4, -0.2) is 30.1 Å². The molecule has 1 N–H and O–H groups in total. The van der Waals surface area contributed by atoms with Crippen molar-refractivity contribution in [2.45, 2.75) is 31.2 Å². The van der Waals surface area contributed by atoms with E-state index in [-0.39, 0.29) is 23.8 Å². The molecule has 3 aromatic rings. The minimum atomic E-state index is -0.442. The number of urea groups is 1. The number of anilines is 1. The van der Waals surface area contributed by atoms with Gasteiger partial charge in [-0.1, -0.05) is 35.3 Å². The molecular weight excluding hydrogens is 449 g/mol. The molecule has 3 unspecified atom stereocenters. The number of carbonyl (C=O) groups excluding carboxylic acids is 2. The largest absolute Gasteiger partial charge is 0.497 e. The Morgan fingerprint density at radius 1 is 1.06 bits per heavy atom.